The second-order valence-corrected chi connectivity index (χ2v) is 10.3. The molecule has 30 heavy (non-hydrogen) atoms. The van der Waals surface area contributed by atoms with Crippen LogP contribution in [0.4, 0.5) is 5.69 Å². The van der Waals surface area contributed by atoms with E-state index in [4.69, 9.17) is 4.78 Å². The average molecular weight is 418 g/mol. The lowest BCUT2D eigenvalue weighted by Crippen LogP contribution is -2.35. The summed E-state index contributed by atoms with van der Waals surface area (Å²) in [7, 11) is -2.81. The van der Waals surface area contributed by atoms with E-state index in [1.165, 1.54) is 17.4 Å². The van der Waals surface area contributed by atoms with E-state index < -0.39 is 9.73 Å². The van der Waals surface area contributed by atoms with Gasteiger partial charge in [-0.05, 0) is 66.3 Å². The van der Waals surface area contributed by atoms with Gasteiger partial charge in [0.2, 0.25) is 5.91 Å². The highest BCUT2D eigenvalue weighted by Crippen LogP contribution is 2.36. The Bertz CT molecular complexity index is 1250. The lowest BCUT2D eigenvalue weighted by atomic mass is 10.0. The van der Waals surface area contributed by atoms with Gasteiger partial charge in [-0.2, -0.15) is 0 Å². The van der Waals surface area contributed by atoms with E-state index in [0.717, 1.165) is 41.8 Å². The number of fused-ring (bicyclic) bond motifs is 2. The largest absolute Gasteiger partial charge is 0.312 e. The second kappa shape index (κ2) is 7.06. The number of hydrogen-bond donors (Lipinski definition) is 1. The zero-order valence-corrected chi connectivity index (χ0v) is 17.6. The molecule has 0 unspecified atom stereocenters. The normalized spacial score (nSPS) is 19.2. The van der Waals surface area contributed by atoms with Gasteiger partial charge in [0.25, 0.3) is 0 Å². The summed E-state index contributed by atoms with van der Waals surface area (Å²) in [5.41, 5.74) is 6.37. The van der Waals surface area contributed by atoms with Crippen LogP contribution in [0.2, 0.25) is 0 Å². The van der Waals surface area contributed by atoms with E-state index in [1.807, 2.05) is 29.2 Å². The van der Waals surface area contributed by atoms with Crippen LogP contribution < -0.4 is 4.90 Å². The minimum absolute atomic E-state index is 0.0874. The molecule has 2 aliphatic rings. The van der Waals surface area contributed by atoms with E-state index in [-0.39, 0.29) is 11.8 Å². The quantitative estimate of drug-likeness (QED) is 0.698. The summed E-state index contributed by atoms with van der Waals surface area (Å²) in [5, 5.41) is 0. The molecule has 1 aliphatic heterocycles. The van der Waals surface area contributed by atoms with Gasteiger partial charge in [0.15, 0.2) is 0 Å². The number of carbonyl (C=O) groups excluding carboxylic acids is 1. The van der Waals surface area contributed by atoms with Crippen LogP contribution in [0.25, 0.3) is 11.3 Å². The number of nitrogens with zero attached hydrogens (tertiary/aromatic N) is 2. The van der Waals surface area contributed by atoms with Gasteiger partial charge in [0.1, 0.15) is 0 Å². The smallest absolute Gasteiger partial charge is 0.230 e. The van der Waals surface area contributed by atoms with Crippen LogP contribution >= 0.6 is 0 Å². The molecule has 2 heterocycles. The number of pyridine rings is 1. The molecule has 6 heteroatoms. The lowest BCUT2D eigenvalue weighted by molar-refractivity contribution is -0.122. The molecule has 2 aromatic carbocycles. The van der Waals surface area contributed by atoms with Crippen molar-refractivity contribution in [3.05, 3.63) is 77.5 Å². The standard InChI is InChI=1S/C24H23N3O2S/c1-30(25,29)21-8-7-16-9-11-27(23(16)15-21)24(28)20-12-17-5-6-18(13-19(17)14-20)22-4-2-3-10-26-22/h2-8,10,13,15,20,25H,9,11-12,14H2,1H3/t20-,30+/m1/s1. The van der Waals surface area contributed by atoms with Crippen molar-refractivity contribution in [3.63, 3.8) is 0 Å². The van der Waals surface area contributed by atoms with Crippen molar-refractivity contribution in [1.29, 1.82) is 4.78 Å². The van der Waals surface area contributed by atoms with Crippen molar-refractivity contribution in [2.24, 2.45) is 5.92 Å². The highest BCUT2D eigenvalue weighted by Gasteiger charge is 2.34. The van der Waals surface area contributed by atoms with Crippen LogP contribution in [0, 0.1) is 10.7 Å². The predicted molar refractivity (Wildman–Crippen MR) is 118 cm³/mol. The number of amides is 1. The van der Waals surface area contributed by atoms with Crippen LogP contribution in [0.3, 0.4) is 0 Å². The first-order valence-electron chi connectivity index (χ1n) is 10.1. The number of nitrogens with one attached hydrogen (secondary N) is 1. The first-order chi connectivity index (χ1) is 14.4. The first kappa shape index (κ1) is 19.0. The fourth-order valence-electron chi connectivity index (χ4n) is 4.54. The molecule has 0 radical (unpaired) electrons. The topological polar surface area (TPSA) is 74.1 Å². The Morgan fingerprint density at radius 1 is 1.07 bits per heavy atom. The molecule has 0 saturated heterocycles. The molecule has 5 rings (SSSR count). The Morgan fingerprint density at radius 3 is 2.63 bits per heavy atom. The fourth-order valence-corrected chi connectivity index (χ4v) is 5.20. The number of benzene rings is 2. The number of aromatic nitrogens is 1. The predicted octanol–water partition coefficient (Wildman–Crippen LogP) is 4.09. The third-order valence-electron chi connectivity index (χ3n) is 6.12. The minimum atomic E-state index is -2.81. The molecule has 1 N–H and O–H groups in total. The molecule has 1 aliphatic carbocycles. The van der Waals surface area contributed by atoms with Crippen molar-refractivity contribution < 1.29 is 9.00 Å². The van der Waals surface area contributed by atoms with Crippen molar-refractivity contribution in [1.82, 2.24) is 4.98 Å². The molecular formula is C24H23N3O2S. The van der Waals surface area contributed by atoms with Gasteiger partial charge >= 0.3 is 0 Å². The third-order valence-corrected chi connectivity index (χ3v) is 7.27. The fraction of sp³-hybridized carbons (Fsp3) is 0.250. The molecule has 3 aromatic rings. The Labute approximate surface area is 176 Å². The van der Waals surface area contributed by atoms with Crippen molar-refractivity contribution in [3.8, 4) is 11.3 Å². The van der Waals surface area contributed by atoms with Gasteiger partial charge in [-0.15, -0.1) is 0 Å². The van der Waals surface area contributed by atoms with Gasteiger partial charge in [-0.1, -0.05) is 24.3 Å². The van der Waals surface area contributed by atoms with Crippen LogP contribution in [0.1, 0.15) is 16.7 Å². The molecule has 1 aromatic heterocycles. The molecule has 5 nitrogen and oxygen atoms in total. The number of rotatable bonds is 3. The maximum atomic E-state index is 13.4. The number of hydrogen-bond acceptors (Lipinski definition) is 4. The van der Waals surface area contributed by atoms with E-state index >= 15 is 0 Å². The number of carbonyl (C=O) groups is 1. The second-order valence-electron chi connectivity index (χ2n) is 8.18. The maximum absolute atomic E-state index is 13.4. The highest BCUT2D eigenvalue weighted by molar-refractivity contribution is 7.91. The summed E-state index contributed by atoms with van der Waals surface area (Å²) in [6, 6.07) is 17.7. The van der Waals surface area contributed by atoms with E-state index in [0.29, 0.717) is 11.4 Å². The van der Waals surface area contributed by atoms with Gasteiger partial charge < -0.3 is 4.90 Å². The summed E-state index contributed by atoms with van der Waals surface area (Å²) in [4.78, 5) is 20.1. The Balaban J connectivity index is 1.40. The highest BCUT2D eigenvalue weighted by atomic mass is 32.2. The Kier molecular flexibility index (Phi) is 4.47. The number of anilines is 1. The molecule has 1 amide bonds. The SMILES string of the molecule is C[S@](=N)(=O)c1ccc2c(c1)N(C(=O)[C@@H]1Cc3ccc(-c4ccccn4)cc3C1)CC2. The van der Waals surface area contributed by atoms with Crippen molar-refractivity contribution >= 4 is 21.3 Å². The molecule has 0 bridgehead atoms. The monoisotopic (exact) mass is 417 g/mol. The Morgan fingerprint density at radius 2 is 1.87 bits per heavy atom. The lowest BCUT2D eigenvalue weighted by Gasteiger charge is -2.21. The maximum Gasteiger partial charge on any atom is 0.230 e. The first-order valence-corrected chi connectivity index (χ1v) is 12.1. The van der Waals surface area contributed by atoms with Gasteiger partial charge in [0.05, 0.1) is 15.4 Å². The molecule has 0 spiro atoms. The summed E-state index contributed by atoms with van der Waals surface area (Å²) >= 11 is 0. The van der Waals surface area contributed by atoms with Crippen molar-refractivity contribution in [2.45, 2.75) is 24.2 Å². The van der Waals surface area contributed by atoms with Gasteiger partial charge in [-0.3, -0.25) is 9.78 Å². The van der Waals surface area contributed by atoms with Crippen LogP contribution in [-0.4, -0.2) is 27.9 Å². The molecule has 0 saturated carbocycles. The van der Waals surface area contributed by atoms with Gasteiger partial charge in [-0.25, -0.2) is 8.99 Å². The summed E-state index contributed by atoms with van der Waals surface area (Å²) in [6.07, 6.45) is 5.48. The average Bonchev–Trinajstić information content (AvgIpc) is 3.36. The summed E-state index contributed by atoms with van der Waals surface area (Å²) < 4.78 is 20.1. The molecule has 0 fully saturated rings. The van der Waals surface area contributed by atoms with Crippen LogP contribution in [-0.2, 0) is 33.8 Å². The molecule has 152 valence electrons. The van der Waals surface area contributed by atoms with E-state index in [2.05, 4.69) is 23.2 Å². The molecular weight excluding hydrogens is 394 g/mol. The molecule has 2 atom stereocenters. The summed E-state index contributed by atoms with van der Waals surface area (Å²) in [6.45, 7) is 0.645. The minimum Gasteiger partial charge on any atom is -0.312 e. The zero-order chi connectivity index (χ0) is 20.9. The Hall–Kier alpha value is -2.99. The van der Waals surface area contributed by atoms with E-state index in [1.54, 1.807) is 18.3 Å². The summed E-state index contributed by atoms with van der Waals surface area (Å²) in [5.74, 6) is 0.0321. The van der Waals surface area contributed by atoms with Gasteiger partial charge in [0, 0.05) is 41.1 Å². The van der Waals surface area contributed by atoms with Crippen LogP contribution in [0.15, 0.2) is 65.7 Å². The zero-order valence-electron chi connectivity index (χ0n) is 16.8. The van der Waals surface area contributed by atoms with Crippen molar-refractivity contribution in [2.75, 3.05) is 17.7 Å². The third kappa shape index (κ3) is 3.31. The van der Waals surface area contributed by atoms with E-state index in [9.17, 15) is 9.00 Å². The van der Waals surface area contributed by atoms with Crippen LogP contribution in [0.5, 0.6) is 0 Å².